The predicted octanol–water partition coefficient (Wildman–Crippen LogP) is 2.54. The van der Waals surface area contributed by atoms with Gasteiger partial charge in [0.15, 0.2) is 5.16 Å². The van der Waals surface area contributed by atoms with Gasteiger partial charge in [-0.25, -0.2) is 4.39 Å². The second-order valence-corrected chi connectivity index (χ2v) is 6.58. The van der Waals surface area contributed by atoms with Crippen molar-refractivity contribution in [3.05, 3.63) is 46.0 Å². The number of carbonyl (C=O) groups excluding carboxylic acids is 1. The number of benzene rings is 1. The summed E-state index contributed by atoms with van der Waals surface area (Å²) < 4.78 is 13.1. The van der Waals surface area contributed by atoms with Gasteiger partial charge in [-0.1, -0.05) is 31.7 Å². The van der Waals surface area contributed by atoms with Gasteiger partial charge in [0.2, 0.25) is 11.8 Å². The normalized spacial score (nSPS) is 10.8. The number of anilines is 1. The number of nitrogens with one attached hydrogen (secondary N) is 2. The molecule has 1 heterocycles. The van der Waals surface area contributed by atoms with Crippen LogP contribution < -0.4 is 10.9 Å². The van der Waals surface area contributed by atoms with Gasteiger partial charge in [-0.3, -0.25) is 9.59 Å². The summed E-state index contributed by atoms with van der Waals surface area (Å²) in [5.74, 6) is -0.978. The second kappa shape index (κ2) is 7.96. The van der Waals surface area contributed by atoms with E-state index in [4.69, 9.17) is 0 Å². The van der Waals surface area contributed by atoms with E-state index in [0.717, 1.165) is 11.8 Å². The van der Waals surface area contributed by atoms with Crippen LogP contribution in [0.2, 0.25) is 0 Å². The van der Waals surface area contributed by atoms with E-state index in [1.807, 2.05) is 13.8 Å². The Balaban J connectivity index is 1.99. The molecule has 24 heavy (non-hydrogen) atoms. The molecule has 0 atom stereocenters. The number of nitrogens with zero attached hydrogens (tertiary/aromatic N) is 1. The second-order valence-electron chi connectivity index (χ2n) is 5.62. The SMILES string of the molecule is CC(C)Cc1c(O)nc(SCC(=O)Nc2cccc(F)c2)[nH]c1=O. The highest BCUT2D eigenvalue weighted by atomic mass is 32.2. The Kier molecular flexibility index (Phi) is 5.97. The number of H-pyrrole nitrogens is 1. The molecule has 0 unspecified atom stereocenters. The molecule has 0 bridgehead atoms. The summed E-state index contributed by atoms with van der Waals surface area (Å²) in [5, 5.41) is 12.6. The fraction of sp³-hybridized carbons (Fsp3) is 0.312. The molecule has 0 aliphatic rings. The molecule has 0 radical (unpaired) electrons. The minimum atomic E-state index is -0.447. The van der Waals surface area contributed by atoms with Crippen LogP contribution in [-0.2, 0) is 11.2 Å². The first-order chi connectivity index (χ1) is 11.3. The molecule has 3 N–H and O–H groups in total. The summed E-state index contributed by atoms with van der Waals surface area (Å²) in [6, 6.07) is 5.54. The number of rotatable bonds is 6. The van der Waals surface area contributed by atoms with Crippen LogP contribution in [0.5, 0.6) is 5.88 Å². The number of aromatic nitrogens is 2. The van der Waals surface area contributed by atoms with Gasteiger partial charge >= 0.3 is 0 Å². The van der Waals surface area contributed by atoms with Crippen molar-refractivity contribution in [2.45, 2.75) is 25.4 Å². The number of hydrogen-bond acceptors (Lipinski definition) is 5. The Morgan fingerprint density at radius 1 is 1.46 bits per heavy atom. The van der Waals surface area contributed by atoms with Gasteiger partial charge in [0.05, 0.1) is 11.3 Å². The number of hydrogen-bond donors (Lipinski definition) is 3. The number of thioether (sulfide) groups is 1. The molecule has 1 amide bonds. The van der Waals surface area contributed by atoms with E-state index in [2.05, 4.69) is 15.3 Å². The summed E-state index contributed by atoms with van der Waals surface area (Å²) in [7, 11) is 0. The first kappa shape index (κ1) is 18.0. The number of aromatic amines is 1. The van der Waals surface area contributed by atoms with E-state index in [1.54, 1.807) is 6.07 Å². The Labute approximate surface area is 142 Å². The van der Waals surface area contributed by atoms with Crippen molar-refractivity contribution >= 4 is 23.4 Å². The third-order valence-electron chi connectivity index (χ3n) is 3.03. The van der Waals surface area contributed by atoms with Crippen LogP contribution in [0.25, 0.3) is 0 Å². The molecule has 8 heteroatoms. The lowest BCUT2D eigenvalue weighted by atomic mass is 10.1. The number of aromatic hydroxyl groups is 1. The van der Waals surface area contributed by atoms with Gasteiger partial charge in [0.1, 0.15) is 5.82 Å². The Morgan fingerprint density at radius 2 is 2.21 bits per heavy atom. The summed E-state index contributed by atoms with van der Waals surface area (Å²) >= 11 is 0.975. The van der Waals surface area contributed by atoms with Gasteiger partial charge in [-0.05, 0) is 30.5 Å². The van der Waals surface area contributed by atoms with E-state index < -0.39 is 11.4 Å². The summed E-state index contributed by atoms with van der Waals surface area (Å²) in [4.78, 5) is 30.3. The molecular weight excluding hydrogens is 333 g/mol. The molecule has 0 fully saturated rings. The van der Waals surface area contributed by atoms with Crippen LogP contribution in [-0.4, -0.2) is 26.7 Å². The van der Waals surface area contributed by atoms with Gasteiger partial charge in [0.25, 0.3) is 5.56 Å². The first-order valence-corrected chi connectivity index (χ1v) is 8.34. The lowest BCUT2D eigenvalue weighted by Gasteiger charge is -2.08. The van der Waals surface area contributed by atoms with Crippen LogP contribution in [0.4, 0.5) is 10.1 Å². The fourth-order valence-corrected chi connectivity index (χ4v) is 2.68. The van der Waals surface area contributed by atoms with Crippen molar-refractivity contribution in [1.29, 1.82) is 0 Å². The average Bonchev–Trinajstić information content (AvgIpc) is 2.49. The summed E-state index contributed by atoms with van der Waals surface area (Å²) in [6.45, 7) is 3.86. The number of halogens is 1. The molecule has 6 nitrogen and oxygen atoms in total. The van der Waals surface area contributed by atoms with Crippen molar-refractivity contribution in [3.63, 3.8) is 0 Å². The minimum Gasteiger partial charge on any atom is -0.493 e. The molecule has 128 valence electrons. The molecule has 2 aromatic rings. The summed E-state index contributed by atoms with van der Waals surface area (Å²) in [5.41, 5.74) is 0.167. The lowest BCUT2D eigenvalue weighted by Crippen LogP contribution is -2.18. The largest absolute Gasteiger partial charge is 0.493 e. The van der Waals surface area contributed by atoms with Crippen LogP contribution >= 0.6 is 11.8 Å². The van der Waals surface area contributed by atoms with Crippen LogP contribution in [0.3, 0.4) is 0 Å². The average molecular weight is 351 g/mol. The van der Waals surface area contributed by atoms with Crippen molar-refractivity contribution < 1.29 is 14.3 Å². The van der Waals surface area contributed by atoms with Crippen molar-refractivity contribution in [2.24, 2.45) is 5.92 Å². The van der Waals surface area contributed by atoms with E-state index in [9.17, 15) is 19.1 Å². The standard InChI is InChI=1S/C16H18FN3O3S/c1-9(2)6-12-14(22)19-16(20-15(12)23)24-8-13(21)18-11-5-3-4-10(17)7-11/h3-5,7,9H,6,8H2,1-2H3,(H,18,21)(H2,19,20,22,23). The monoisotopic (exact) mass is 351 g/mol. The Hall–Kier alpha value is -2.35. The number of amides is 1. The van der Waals surface area contributed by atoms with Crippen LogP contribution in [0.15, 0.2) is 34.2 Å². The van der Waals surface area contributed by atoms with E-state index in [1.165, 1.54) is 18.2 Å². The molecule has 0 saturated carbocycles. The number of carbonyl (C=O) groups is 1. The van der Waals surface area contributed by atoms with Crippen LogP contribution in [0.1, 0.15) is 19.4 Å². The molecule has 2 rings (SSSR count). The topological polar surface area (TPSA) is 95.1 Å². The van der Waals surface area contributed by atoms with E-state index in [0.29, 0.717) is 12.1 Å². The van der Waals surface area contributed by atoms with Gasteiger partial charge < -0.3 is 15.4 Å². The van der Waals surface area contributed by atoms with Crippen molar-refractivity contribution in [1.82, 2.24) is 9.97 Å². The highest BCUT2D eigenvalue weighted by molar-refractivity contribution is 7.99. The highest BCUT2D eigenvalue weighted by Crippen LogP contribution is 2.19. The maximum Gasteiger partial charge on any atom is 0.258 e. The molecule has 1 aromatic heterocycles. The maximum atomic E-state index is 13.1. The molecule has 0 aliphatic carbocycles. The zero-order valence-electron chi connectivity index (χ0n) is 13.3. The van der Waals surface area contributed by atoms with Crippen LogP contribution in [0, 0.1) is 11.7 Å². The molecule has 0 saturated heterocycles. The molecule has 0 aliphatic heterocycles. The van der Waals surface area contributed by atoms with Crippen molar-refractivity contribution in [3.8, 4) is 5.88 Å². The van der Waals surface area contributed by atoms with Gasteiger partial charge in [-0.2, -0.15) is 4.98 Å². The minimum absolute atomic E-state index is 0.0393. The molecular formula is C16H18FN3O3S. The Morgan fingerprint density at radius 3 is 2.83 bits per heavy atom. The zero-order chi connectivity index (χ0) is 17.7. The molecule has 1 aromatic carbocycles. The third kappa shape index (κ3) is 5.09. The first-order valence-electron chi connectivity index (χ1n) is 7.35. The van der Waals surface area contributed by atoms with Crippen molar-refractivity contribution in [2.75, 3.05) is 11.1 Å². The smallest absolute Gasteiger partial charge is 0.258 e. The Bertz CT molecular complexity index is 792. The predicted molar refractivity (Wildman–Crippen MR) is 90.8 cm³/mol. The van der Waals surface area contributed by atoms with Gasteiger partial charge in [-0.15, -0.1) is 0 Å². The lowest BCUT2D eigenvalue weighted by molar-refractivity contribution is -0.113. The maximum absolute atomic E-state index is 13.1. The van der Waals surface area contributed by atoms with E-state index in [-0.39, 0.29) is 34.2 Å². The highest BCUT2D eigenvalue weighted by Gasteiger charge is 2.13. The third-order valence-corrected chi connectivity index (χ3v) is 3.91. The fourth-order valence-electron chi connectivity index (χ4n) is 2.02. The summed E-state index contributed by atoms with van der Waals surface area (Å²) in [6.07, 6.45) is 0.416. The van der Waals surface area contributed by atoms with Gasteiger partial charge in [0, 0.05) is 5.69 Å². The zero-order valence-corrected chi connectivity index (χ0v) is 14.1. The van der Waals surface area contributed by atoms with E-state index >= 15 is 0 Å². The quantitative estimate of drug-likeness (QED) is 0.549. The molecule has 0 spiro atoms.